The first-order valence-electron chi connectivity index (χ1n) is 5.31. The van der Waals surface area contributed by atoms with Crippen molar-refractivity contribution in [1.82, 2.24) is 9.97 Å². The topological polar surface area (TPSA) is 37.8 Å². The highest BCUT2D eigenvalue weighted by Crippen LogP contribution is 2.26. The van der Waals surface area contributed by atoms with Gasteiger partial charge in [0.15, 0.2) is 11.6 Å². The van der Waals surface area contributed by atoms with Gasteiger partial charge in [0.1, 0.15) is 22.6 Å². The van der Waals surface area contributed by atoms with Gasteiger partial charge in [0, 0.05) is 17.7 Å². The van der Waals surface area contributed by atoms with Crippen molar-refractivity contribution in [2.24, 2.45) is 0 Å². The lowest BCUT2D eigenvalue weighted by molar-refractivity contribution is 0.496. The van der Waals surface area contributed by atoms with Gasteiger partial charge in [0.25, 0.3) is 0 Å². The summed E-state index contributed by atoms with van der Waals surface area (Å²) in [6.45, 7) is 3.24. The highest BCUT2D eigenvalue weighted by molar-refractivity contribution is 6.30. The second-order valence-electron chi connectivity index (χ2n) is 3.91. The Hall–Kier alpha value is -1.82. The highest BCUT2D eigenvalue weighted by Gasteiger charge is 2.13. The summed E-state index contributed by atoms with van der Waals surface area (Å²) in [5, 5.41) is 2.78. The van der Waals surface area contributed by atoms with Gasteiger partial charge in [-0.1, -0.05) is 11.6 Å². The minimum absolute atomic E-state index is 0.206. The molecule has 0 aliphatic heterocycles. The molecule has 1 aromatic carbocycles. The summed E-state index contributed by atoms with van der Waals surface area (Å²) in [4.78, 5) is 7.95. The summed E-state index contributed by atoms with van der Waals surface area (Å²) in [5.41, 5.74) is 0.257. The van der Waals surface area contributed by atoms with E-state index < -0.39 is 17.5 Å². The van der Waals surface area contributed by atoms with Crippen LogP contribution in [-0.2, 0) is 0 Å². The second kappa shape index (κ2) is 5.05. The van der Waals surface area contributed by atoms with Crippen molar-refractivity contribution in [2.45, 2.75) is 13.8 Å². The van der Waals surface area contributed by atoms with E-state index in [4.69, 9.17) is 11.6 Å². The number of nitrogens with zero attached hydrogens (tertiary/aromatic N) is 2. The van der Waals surface area contributed by atoms with Crippen molar-refractivity contribution < 1.29 is 13.2 Å². The Labute approximate surface area is 112 Å². The molecule has 0 saturated carbocycles. The van der Waals surface area contributed by atoms with Crippen LogP contribution in [0.4, 0.5) is 24.7 Å². The van der Waals surface area contributed by atoms with Crippen LogP contribution in [0.25, 0.3) is 0 Å². The van der Waals surface area contributed by atoms with E-state index in [9.17, 15) is 13.2 Å². The Morgan fingerprint density at radius 1 is 1.00 bits per heavy atom. The summed E-state index contributed by atoms with van der Waals surface area (Å²) in [6.07, 6.45) is 0. The van der Waals surface area contributed by atoms with Crippen LogP contribution in [-0.4, -0.2) is 9.97 Å². The van der Waals surface area contributed by atoms with Gasteiger partial charge in [-0.05, 0) is 13.8 Å². The van der Waals surface area contributed by atoms with Crippen molar-refractivity contribution in [3.8, 4) is 0 Å². The van der Waals surface area contributed by atoms with E-state index in [-0.39, 0.29) is 16.7 Å². The average molecular weight is 288 g/mol. The molecule has 0 radical (unpaired) electrons. The van der Waals surface area contributed by atoms with Gasteiger partial charge in [0.05, 0.1) is 5.69 Å². The third-order valence-corrected chi connectivity index (χ3v) is 2.83. The van der Waals surface area contributed by atoms with Crippen LogP contribution in [0.1, 0.15) is 11.4 Å². The fourth-order valence-electron chi connectivity index (χ4n) is 1.46. The number of anilines is 2. The van der Waals surface area contributed by atoms with Crippen molar-refractivity contribution in [3.05, 3.63) is 46.1 Å². The van der Waals surface area contributed by atoms with Crippen molar-refractivity contribution in [2.75, 3.05) is 5.32 Å². The number of rotatable bonds is 2. The smallest absolute Gasteiger partial charge is 0.161 e. The van der Waals surface area contributed by atoms with Gasteiger partial charge in [-0.15, -0.1) is 0 Å². The van der Waals surface area contributed by atoms with Gasteiger partial charge in [-0.25, -0.2) is 23.1 Å². The molecule has 0 amide bonds. The van der Waals surface area contributed by atoms with E-state index in [1.54, 1.807) is 13.8 Å². The third-order valence-electron chi connectivity index (χ3n) is 2.46. The zero-order valence-corrected chi connectivity index (χ0v) is 10.8. The van der Waals surface area contributed by atoms with Gasteiger partial charge in [0.2, 0.25) is 0 Å². The van der Waals surface area contributed by atoms with Crippen LogP contribution in [0.15, 0.2) is 12.1 Å². The normalized spacial score (nSPS) is 10.6. The summed E-state index contributed by atoms with van der Waals surface area (Å²) in [7, 11) is 0. The molecule has 0 unspecified atom stereocenters. The molecule has 1 N–H and O–H groups in total. The standard InChI is InChI=1S/C12H9ClF3N3/c1-5-11(13)17-6(2)18-12(5)19-10-4-8(15)7(14)3-9(10)16/h3-4H,1-2H3,(H,17,18,19). The first-order valence-corrected chi connectivity index (χ1v) is 5.68. The Morgan fingerprint density at radius 3 is 2.32 bits per heavy atom. The Bertz CT molecular complexity index is 647. The number of aryl methyl sites for hydroxylation is 1. The Morgan fingerprint density at radius 2 is 1.63 bits per heavy atom. The van der Waals surface area contributed by atoms with Crippen molar-refractivity contribution in [1.29, 1.82) is 0 Å². The average Bonchev–Trinajstić information content (AvgIpc) is 2.32. The van der Waals surface area contributed by atoms with E-state index in [0.717, 1.165) is 6.07 Å². The molecule has 0 fully saturated rings. The molecule has 0 atom stereocenters. The number of hydrogen-bond donors (Lipinski definition) is 1. The van der Waals surface area contributed by atoms with Crippen LogP contribution >= 0.6 is 11.6 Å². The Kier molecular flexibility index (Phi) is 3.61. The zero-order chi connectivity index (χ0) is 14.2. The lowest BCUT2D eigenvalue weighted by atomic mass is 10.2. The van der Waals surface area contributed by atoms with Gasteiger partial charge in [-0.2, -0.15) is 0 Å². The molecule has 3 nitrogen and oxygen atoms in total. The quantitative estimate of drug-likeness (QED) is 0.672. The molecule has 2 rings (SSSR count). The van der Waals surface area contributed by atoms with Crippen LogP contribution in [0.2, 0.25) is 5.15 Å². The molecule has 0 bridgehead atoms. The first-order chi connectivity index (χ1) is 8.88. The molecule has 1 aromatic heterocycles. The first kappa shape index (κ1) is 13.6. The number of nitrogens with one attached hydrogen (secondary N) is 1. The highest BCUT2D eigenvalue weighted by atomic mass is 35.5. The lowest BCUT2D eigenvalue weighted by Gasteiger charge is -2.11. The van der Waals surface area contributed by atoms with E-state index in [1.165, 1.54) is 0 Å². The maximum absolute atomic E-state index is 13.5. The maximum atomic E-state index is 13.5. The number of hydrogen-bond acceptors (Lipinski definition) is 3. The zero-order valence-electron chi connectivity index (χ0n) is 10.1. The minimum atomic E-state index is -1.25. The second-order valence-corrected chi connectivity index (χ2v) is 4.26. The van der Waals surface area contributed by atoms with E-state index in [0.29, 0.717) is 17.5 Å². The summed E-state index contributed by atoms with van der Waals surface area (Å²) < 4.78 is 39.4. The molecular formula is C12H9ClF3N3. The number of benzene rings is 1. The molecular weight excluding hydrogens is 279 g/mol. The van der Waals surface area contributed by atoms with Crippen molar-refractivity contribution in [3.63, 3.8) is 0 Å². The molecule has 0 aliphatic carbocycles. The molecule has 2 aromatic rings. The fourth-order valence-corrected chi connectivity index (χ4v) is 1.67. The van der Waals surface area contributed by atoms with Gasteiger partial charge in [-0.3, -0.25) is 0 Å². The number of aromatic nitrogens is 2. The molecule has 1 heterocycles. The van der Waals surface area contributed by atoms with E-state index >= 15 is 0 Å². The summed E-state index contributed by atoms with van der Waals surface area (Å²) in [6, 6.07) is 1.18. The molecule has 7 heteroatoms. The molecule has 0 aliphatic rings. The fraction of sp³-hybridized carbons (Fsp3) is 0.167. The Balaban J connectivity index is 2.44. The van der Waals surface area contributed by atoms with Crippen LogP contribution in [0.5, 0.6) is 0 Å². The SMILES string of the molecule is Cc1nc(Cl)c(C)c(Nc2cc(F)c(F)cc2F)n1. The number of halogens is 4. The molecule has 100 valence electrons. The lowest BCUT2D eigenvalue weighted by Crippen LogP contribution is -2.03. The third kappa shape index (κ3) is 2.78. The van der Waals surface area contributed by atoms with Crippen LogP contribution in [0.3, 0.4) is 0 Å². The predicted molar refractivity (Wildman–Crippen MR) is 66.1 cm³/mol. The van der Waals surface area contributed by atoms with Crippen LogP contribution in [0, 0.1) is 31.3 Å². The van der Waals surface area contributed by atoms with E-state index in [2.05, 4.69) is 15.3 Å². The van der Waals surface area contributed by atoms with E-state index in [1.807, 2.05) is 0 Å². The molecule has 0 saturated heterocycles. The minimum Gasteiger partial charge on any atom is -0.337 e. The van der Waals surface area contributed by atoms with Crippen LogP contribution < -0.4 is 5.32 Å². The monoisotopic (exact) mass is 287 g/mol. The van der Waals surface area contributed by atoms with Gasteiger partial charge >= 0.3 is 0 Å². The maximum Gasteiger partial charge on any atom is 0.161 e. The molecule has 0 spiro atoms. The summed E-state index contributed by atoms with van der Waals surface area (Å²) >= 11 is 5.86. The van der Waals surface area contributed by atoms with Crippen molar-refractivity contribution >= 4 is 23.1 Å². The largest absolute Gasteiger partial charge is 0.337 e. The predicted octanol–water partition coefficient (Wildman–Crippen LogP) is 3.91. The van der Waals surface area contributed by atoms with Gasteiger partial charge < -0.3 is 5.32 Å². The summed E-state index contributed by atoms with van der Waals surface area (Å²) in [5.74, 6) is -2.72. The molecule has 19 heavy (non-hydrogen) atoms.